The molecule has 0 spiro atoms. The van der Waals surface area contributed by atoms with E-state index in [1.54, 1.807) is 43.3 Å². The smallest absolute Gasteiger partial charge is 0.351 e. The summed E-state index contributed by atoms with van der Waals surface area (Å²) < 4.78 is 22.0. The third-order valence-corrected chi connectivity index (χ3v) is 5.51. The largest absolute Gasteiger partial charge is 0.496 e. The van der Waals surface area contributed by atoms with Gasteiger partial charge in [0.15, 0.2) is 5.76 Å². The first-order valence-corrected chi connectivity index (χ1v) is 9.96. The number of thiophene rings is 1. The molecule has 0 fully saturated rings. The van der Waals surface area contributed by atoms with Gasteiger partial charge in [-0.05, 0) is 42.6 Å². The summed E-state index contributed by atoms with van der Waals surface area (Å²) >= 11 is 1.51. The summed E-state index contributed by atoms with van der Waals surface area (Å²) in [5, 5.41) is 1.92. The molecule has 1 aromatic heterocycles. The van der Waals surface area contributed by atoms with E-state index in [0.29, 0.717) is 28.4 Å². The number of allylic oxidation sites excluding steroid dienone is 1. The van der Waals surface area contributed by atoms with Crippen LogP contribution in [0.4, 0.5) is 0 Å². The number of hydrogen-bond donors (Lipinski definition) is 0. The van der Waals surface area contributed by atoms with Gasteiger partial charge in [0.1, 0.15) is 28.6 Å². The predicted octanol–water partition coefficient (Wildman–Crippen LogP) is 4.91. The lowest BCUT2D eigenvalue weighted by molar-refractivity contribution is 0.0726. The normalized spacial score (nSPS) is 13.7. The molecule has 0 saturated heterocycles. The first-order valence-electron chi connectivity index (χ1n) is 9.08. The number of esters is 1. The van der Waals surface area contributed by atoms with Crippen LogP contribution < -0.4 is 18.9 Å². The van der Waals surface area contributed by atoms with Gasteiger partial charge in [-0.1, -0.05) is 12.1 Å². The number of methoxy groups -OCH3 is 2. The van der Waals surface area contributed by atoms with E-state index in [1.165, 1.54) is 25.6 Å². The topological polar surface area (TPSA) is 71.1 Å². The minimum atomic E-state index is -0.633. The highest BCUT2D eigenvalue weighted by atomic mass is 32.1. The number of fused-ring (bicyclic) bond motifs is 1. The maximum Gasteiger partial charge on any atom is 0.351 e. The first-order chi connectivity index (χ1) is 14.5. The third kappa shape index (κ3) is 3.44. The van der Waals surface area contributed by atoms with Gasteiger partial charge in [0.2, 0.25) is 5.78 Å². The molecule has 0 saturated carbocycles. The molecule has 2 aromatic carbocycles. The highest BCUT2D eigenvalue weighted by Crippen LogP contribution is 2.40. The Hall–Kier alpha value is -3.58. The van der Waals surface area contributed by atoms with E-state index in [0.717, 1.165) is 4.88 Å². The van der Waals surface area contributed by atoms with Crippen LogP contribution in [-0.2, 0) is 0 Å². The number of ether oxygens (including phenoxy) is 4. The van der Waals surface area contributed by atoms with E-state index >= 15 is 0 Å². The Morgan fingerprint density at radius 2 is 1.73 bits per heavy atom. The van der Waals surface area contributed by atoms with Crippen LogP contribution in [0.5, 0.6) is 23.0 Å². The molecule has 152 valence electrons. The molecule has 7 heteroatoms. The quantitative estimate of drug-likeness (QED) is 0.331. The summed E-state index contributed by atoms with van der Waals surface area (Å²) in [7, 11) is 2.93. The number of carbonyl (C=O) groups excluding carboxylic acids is 2. The molecule has 0 radical (unpaired) electrons. The van der Waals surface area contributed by atoms with Crippen molar-refractivity contribution in [2.24, 2.45) is 0 Å². The van der Waals surface area contributed by atoms with Gasteiger partial charge < -0.3 is 18.9 Å². The lowest BCUT2D eigenvalue weighted by Gasteiger charge is -2.14. The molecule has 0 N–H and O–H groups in total. The van der Waals surface area contributed by atoms with Gasteiger partial charge in [0.25, 0.3) is 0 Å². The van der Waals surface area contributed by atoms with Crippen LogP contribution in [0, 0.1) is 6.92 Å². The number of benzene rings is 2. The van der Waals surface area contributed by atoms with Crippen LogP contribution in [0.3, 0.4) is 0 Å². The maximum atomic E-state index is 12.9. The van der Waals surface area contributed by atoms with Gasteiger partial charge in [0, 0.05) is 16.5 Å². The minimum Gasteiger partial charge on any atom is -0.496 e. The molecule has 0 aliphatic carbocycles. The van der Waals surface area contributed by atoms with Gasteiger partial charge in [0.05, 0.1) is 19.8 Å². The molecule has 1 aliphatic heterocycles. The Morgan fingerprint density at radius 1 is 1.00 bits per heavy atom. The number of carbonyl (C=O) groups is 2. The van der Waals surface area contributed by atoms with E-state index in [9.17, 15) is 9.59 Å². The molecular formula is C23H18O6S. The Morgan fingerprint density at radius 3 is 2.37 bits per heavy atom. The molecule has 0 atom stereocenters. The number of hydrogen-bond acceptors (Lipinski definition) is 7. The minimum absolute atomic E-state index is 0.178. The molecule has 6 nitrogen and oxygen atoms in total. The Kier molecular flexibility index (Phi) is 5.29. The molecule has 0 unspecified atom stereocenters. The first kappa shape index (κ1) is 19.7. The van der Waals surface area contributed by atoms with Crippen molar-refractivity contribution < 1.29 is 28.5 Å². The second kappa shape index (κ2) is 8.04. The van der Waals surface area contributed by atoms with Crippen molar-refractivity contribution in [3.05, 3.63) is 75.2 Å². The standard InChI is InChI=1S/C23H18O6S/c1-13-16(29-23(25)20-17(26-2)7-4-8-18(20)27-3)10-9-15-21(24)19(28-22(13)15)12-14-6-5-11-30-14/h4-12H,1-3H3/b19-12-. The Balaban J connectivity index is 1.65. The molecule has 3 aromatic rings. The summed E-state index contributed by atoms with van der Waals surface area (Å²) in [5.74, 6) is 0.760. The Labute approximate surface area is 177 Å². The van der Waals surface area contributed by atoms with Crippen molar-refractivity contribution in [2.75, 3.05) is 14.2 Å². The maximum absolute atomic E-state index is 12.9. The van der Waals surface area contributed by atoms with Gasteiger partial charge >= 0.3 is 5.97 Å². The SMILES string of the molecule is COc1cccc(OC)c1C(=O)Oc1ccc2c(c1C)O/C(=C\c1cccs1)C2=O. The predicted molar refractivity (Wildman–Crippen MR) is 113 cm³/mol. The van der Waals surface area contributed by atoms with Crippen LogP contribution >= 0.6 is 11.3 Å². The molecule has 0 amide bonds. The van der Waals surface area contributed by atoms with Crippen LogP contribution in [0.1, 0.15) is 31.2 Å². The van der Waals surface area contributed by atoms with E-state index in [2.05, 4.69) is 0 Å². The van der Waals surface area contributed by atoms with Crippen molar-refractivity contribution in [1.29, 1.82) is 0 Å². The van der Waals surface area contributed by atoms with Crippen LogP contribution in [0.2, 0.25) is 0 Å². The highest BCUT2D eigenvalue weighted by molar-refractivity contribution is 7.10. The second-order valence-corrected chi connectivity index (χ2v) is 7.43. The number of ketones is 1. The fourth-order valence-electron chi connectivity index (χ4n) is 3.18. The number of Topliss-reactive ketones (excluding diaryl/α,β-unsaturated/α-hetero) is 1. The lowest BCUT2D eigenvalue weighted by Crippen LogP contribution is -2.12. The monoisotopic (exact) mass is 422 g/mol. The van der Waals surface area contributed by atoms with Crippen molar-refractivity contribution in [1.82, 2.24) is 0 Å². The van der Waals surface area contributed by atoms with Crippen molar-refractivity contribution in [2.45, 2.75) is 6.92 Å². The van der Waals surface area contributed by atoms with Crippen molar-refractivity contribution in [3.8, 4) is 23.0 Å². The summed E-state index contributed by atoms with van der Waals surface area (Å²) in [6.07, 6.45) is 1.71. The molecule has 0 bridgehead atoms. The average Bonchev–Trinajstić information content (AvgIpc) is 3.38. The zero-order valence-corrected chi connectivity index (χ0v) is 17.4. The summed E-state index contributed by atoms with van der Waals surface area (Å²) in [6.45, 7) is 1.74. The van der Waals surface area contributed by atoms with E-state index in [4.69, 9.17) is 18.9 Å². The van der Waals surface area contributed by atoms with E-state index in [1.807, 2.05) is 17.5 Å². The van der Waals surface area contributed by atoms with Crippen molar-refractivity contribution in [3.63, 3.8) is 0 Å². The van der Waals surface area contributed by atoms with Gasteiger partial charge in [-0.3, -0.25) is 4.79 Å². The van der Waals surface area contributed by atoms with Gasteiger partial charge in [-0.2, -0.15) is 0 Å². The van der Waals surface area contributed by atoms with E-state index < -0.39 is 5.97 Å². The summed E-state index contributed by atoms with van der Waals surface area (Å²) in [5.41, 5.74) is 1.17. The lowest BCUT2D eigenvalue weighted by atomic mass is 10.1. The zero-order valence-electron chi connectivity index (χ0n) is 16.6. The fourth-order valence-corrected chi connectivity index (χ4v) is 3.83. The van der Waals surface area contributed by atoms with Crippen LogP contribution in [0.25, 0.3) is 6.08 Å². The van der Waals surface area contributed by atoms with E-state index in [-0.39, 0.29) is 22.9 Å². The summed E-state index contributed by atoms with van der Waals surface area (Å²) in [6, 6.07) is 12.0. The highest BCUT2D eigenvalue weighted by Gasteiger charge is 2.31. The van der Waals surface area contributed by atoms with Gasteiger partial charge in [-0.15, -0.1) is 11.3 Å². The Bertz CT molecular complexity index is 1140. The number of rotatable bonds is 5. The fraction of sp³-hybridized carbons (Fsp3) is 0.130. The summed E-state index contributed by atoms with van der Waals surface area (Å²) in [4.78, 5) is 26.4. The average molecular weight is 422 g/mol. The van der Waals surface area contributed by atoms with Crippen molar-refractivity contribution >= 4 is 29.2 Å². The second-order valence-electron chi connectivity index (χ2n) is 6.45. The van der Waals surface area contributed by atoms with Gasteiger partial charge in [-0.25, -0.2) is 4.79 Å². The molecular weight excluding hydrogens is 404 g/mol. The third-order valence-electron chi connectivity index (χ3n) is 4.69. The molecule has 2 heterocycles. The molecule has 30 heavy (non-hydrogen) atoms. The van der Waals surface area contributed by atoms with Crippen LogP contribution in [0.15, 0.2) is 53.6 Å². The zero-order chi connectivity index (χ0) is 21.3. The molecule has 4 rings (SSSR count). The van der Waals surface area contributed by atoms with Crippen LogP contribution in [-0.4, -0.2) is 26.0 Å². The molecule has 1 aliphatic rings.